The van der Waals surface area contributed by atoms with E-state index < -0.39 is 0 Å². The summed E-state index contributed by atoms with van der Waals surface area (Å²) in [5.74, 6) is 1.38. The second-order valence-corrected chi connectivity index (χ2v) is 6.39. The van der Waals surface area contributed by atoms with Crippen LogP contribution in [-0.2, 0) is 4.79 Å². The van der Waals surface area contributed by atoms with E-state index in [1.54, 1.807) is 0 Å². The number of anilines is 1. The molecular weight excluding hydrogens is 358 g/mol. The highest BCUT2D eigenvalue weighted by molar-refractivity contribution is 5.94. The molecule has 1 amide bonds. The minimum Gasteiger partial charge on any atom is -0.494 e. The minimum absolute atomic E-state index is 0.137. The van der Waals surface area contributed by atoms with E-state index in [1.807, 2.05) is 56.3 Å². The predicted octanol–water partition coefficient (Wildman–Crippen LogP) is 4.16. The molecule has 1 N–H and O–H groups in total. The maximum absolute atomic E-state index is 12.3. The van der Waals surface area contributed by atoms with Crippen molar-refractivity contribution in [3.8, 4) is 22.8 Å². The summed E-state index contributed by atoms with van der Waals surface area (Å²) in [5, 5.41) is 10.4. The van der Waals surface area contributed by atoms with Crippen molar-refractivity contribution in [1.82, 2.24) is 10.3 Å². The Morgan fingerprint density at radius 3 is 2.43 bits per heavy atom. The largest absolute Gasteiger partial charge is 0.494 e. The summed E-state index contributed by atoms with van der Waals surface area (Å²) >= 11 is 0. The van der Waals surface area contributed by atoms with Crippen molar-refractivity contribution < 1.29 is 18.9 Å². The minimum atomic E-state index is -0.345. The topological polar surface area (TPSA) is 86.5 Å². The van der Waals surface area contributed by atoms with Crippen LogP contribution < -0.4 is 14.8 Å². The molecule has 28 heavy (non-hydrogen) atoms. The van der Waals surface area contributed by atoms with E-state index >= 15 is 0 Å². The Bertz CT molecular complexity index is 915. The van der Waals surface area contributed by atoms with Crippen LogP contribution in [-0.4, -0.2) is 29.4 Å². The maximum Gasteiger partial charge on any atom is 0.263 e. The number of carbonyl (C=O) groups excluding carboxylic acids is 1. The SMILES string of the molecule is CCCOc1ccc(-c2nonc2NC(=O)COc2c(C)cccc2C)cc1. The van der Waals surface area contributed by atoms with Crippen LogP contribution in [0.2, 0.25) is 0 Å². The standard InChI is InChI=1S/C21H23N3O4/c1-4-12-26-17-10-8-16(9-11-17)19-21(24-28-23-19)22-18(25)13-27-20-14(2)6-5-7-15(20)3/h5-11H,4,12-13H2,1-3H3,(H,22,24,25). The molecule has 7 heteroatoms. The fraction of sp³-hybridized carbons (Fsp3) is 0.286. The number of nitrogens with one attached hydrogen (secondary N) is 1. The lowest BCUT2D eigenvalue weighted by Gasteiger charge is -2.11. The van der Waals surface area contributed by atoms with Crippen LogP contribution in [0.15, 0.2) is 47.1 Å². The first kappa shape index (κ1) is 19.4. The molecule has 0 aliphatic heterocycles. The molecule has 0 aliphatic rings. The third kappa shape index (κ3) is 4.68. The Labute approximate surface area is 163 Å². The molecule has 3 rings (SSSR count). The van der Waals surface area contributed by atoms with Crippen LogP contribution in [0, 0.1) is 13.8 Å². The molecule has 0 saturated heterocycles. The summed E-state index contributed by atoms with van der Waals surface area (Å²) in [5.41, 5.74) is 3.16. The average molecular weight is 381 g/mol. The van der Waals surface area contributed by atoms with E-state index in [0.717, 1.165) is 28.9 Å². The summed E-state index contributed by atoms with van der Waals surface area (Å²) in [6, 6.07) is 13.2. The summed E-state index contributed by atoms with van der Waals surface area (Å²) in [6.07, 6.45) is 0.940. The fourth-order valence-electron chi connectivity index (χ4n) is 2.72. The highest BCUT2D eigenvalue weighted by Gasteiger charge is 2.16. The maximum atomic E-state index is 12.3. The van der Waals surface area contributed by atoms with Gasteiger partial charge < -0.3 is 14.8 Å². The highest BCUT2D eigenvalue weighted by Crippen LogP contribution is 2.27. The molecule has 0 unspecified atom stereocenters. The van der Waals surface area contributed by atoms with Gasteiger partial charge in [0.1, 0.15) is 11.5 Å². The Hall–Kier alpha value is -3.35. The van der Waals surface area contributed by atoms with E-state index in [0.29, 0.717) is 18.1 Å². The number of aryl methyl sites for hydroxylation is 2. The van der Waals surface area contributed by atoms with E-state index in [2.05, 4.69) is 22.6 Å². The van der Waals surface area contributed by atoms with Gasteiger partial charge in [0.15, 0.2) is 12.3 Å². The van der Waals surface area contributed by atoms with Gasteiger partial charge in [0.05, 0.1) is 6.61 Å². The molecule has 0 spiro atoms. The van der Waals surface area contributed by atoms with Gasteiger partial charge in [0.25, 0.3) is 5.91 Å². The molecule has 0 bridgehead atoms. The van der Waals surface area contributed by atoms with E-state index in [1.165, 1.54) is 0 Å². The number of nitrogens with zero attached hydrogens (tertiary/aromatic N) is 2. The molecule has 3 aromatic rings. The lowest BCUT2D eigenvalue weighted by atomic mass is 10.1. The van der Waals surface area contributed by atoms with Gasteiger partial charge in [-0.05, 0) is 66.0 Å². The van der Waals surface area contributed by atoms with Crippen LogP contribution >= 0.6 is 0 Å². The van der Waals surface area contributed by atoms with Crippen molar-refractivity contribution in [2.45, 2.75) is 27.2 Å². The zero-order valence-corrected chi connectivity index (χ0v) is 16.2. The van der Waals surface area contributed by atoms with Gasteiger partial charge in [-0.25, -0.2) is 4.63 Å². The number of hydrogen-bond donors (Lipinski definition) is 1. The molecule has 0 aliphatic carbocycles. The average Bonchev–Trinajstić information content (AvgIpc) is 3.14. The van der Waals surface area contributed by atoms with E-state index in [4.69, 9.17) is 14.1 Å². The summed E-state index contributed by atoms with van der Waals surface area (Å²) in [7, 11) is 0. The highest BCUT2D eigenvalue weighted by atomic mass is 16.6. The fourth-order valence-corrected chi connectivity index (χ4v) is 2.72. The van der Waals surface area contributed by atoms with Gasteiger partial charge in [-0.3, -0.25) is 4.79 Å². The molecule has 0 fully saturated rings. The van der Waals surface area contributed by atoms with Crippen molar-refractivity contribution >= 4 is 11.7 Å². The Balaban J connectivity index is 1.64. The van der Waals surface area contributed by atoms with Gasteiger partial charge >= 0.3 is 0 Å². The monoisotopic (exact) mass is 381 g/mol. The van der Waals surface area contributed by atoms with Gasteiger partial charge in [-0.1, -0.05) is 25.1 Å². The van der Waals surface area contributed by atoms with Crippen molar-refractivity contribution in [2.75, 3.05) is 18.5 Å². The quantitative estimate of drug-likeness (QED) is 0.630. The first-order chi connectivity index (χ1) is 13.6. The summed E-state index contributed by atoms with van der Waals surface area (Å²) in [6.45, 7) is 6.45. The van der Waals surface area contributed by atoms with Crippen molar-refractivity contribution in [2.24, 2.45) is 0 Å². The molecule has 7 nitrogen and oxygen atoms in total. The van der Waals surface area contributed by atoms with Crippen molar-refractivity contribution in [3.05, 3.63) is 53.6 Å². The zero-order chi connectivity index (χ0) is 19.9. The third-order valence-corrected chi connectivity index (χ3v) is 4.10. The van der Waals surface area contributed by atoms with E-state index in [-0.39, 0.29) is 18.3 Å². The van der Waals surface area contributed by atoms with Gasteiger partial charge in [-0.2, -0.15) is 0 Å². The zero-order valence-electron chi connectivity index (χ0n) is 16.2. The van der Waals surface area contributed by atoms with E-state index in [9.17, 15) is 4.79 Å². The number of carbonyl (C=O) groups is 1. The van der Waals surface area contributed by atoms with Crippen LogP contribution in [0.4, 0.5) is 5.82 Å². The number of rotatable bonds is 8. The lowest BCUT2D eigenvalue weighted by molar-refractivity contribution is -0.118. The van der Waals surface area contributed by atoms with Gasteiger partial charge in [-0.15, -0.1) is 0 Å². The van der Waals surface area contributed by atoms with Crippen LogP contribution in [0.1, 0.15) is 24.5 Å². The second kappa shape index (κ2) is 9.03. The predicted molar refractivity (Wildman–Crippen MR) is 106 cm³/mol. The number of aromatic nitrogens is 2. The molecule has 1 aromatic heterocycles. The lowest BCUT2D eigenvalue weighted by Crippen LogP contribution is -2.21. The normalized spacial score (nSPS) is 10.5. The number of ether oxygens (including phenoxy) is 2. The first-order valence-corrected chi connectivity index (χ1v) is 9.13. The second-order valence-electron chi connectivity index (χ2n) is 6.39. The number of para-hydroxylation sites is 1. The summed E-state index contributed by atoms with van der Waals surface area (Å²) in [4.78, 5) is 12.3. The smallest absolute Gasteiger partial charge is 0.263 e. The van der Waals surface area contributed by atoms with Gasteiger partial charge in [0, 0.05) is 5.56 Å². The van der Waals surface area contributed by atoms with Crippen molar-refractivity contribution in [1.29, 1.82) is 0 Å². The van der Waals surface area contributed by atoms with Crippen LogP contribution in [0.25, 0.3) is 11.3 Å². The number of benzene rings is 2. The molecular formula is C21H23N3O4. The van der Waals surface area contributed by atoms with Gasteiger partial charge in [0.2, 0.25) is 5.82 Å². The molecule has 2 aromatic carbocycles. The molecule has 0 atom stereocenters. The molecule has 146 valence electrons. The molecule has 1 heterocycles. The number of hydrogen-bond acceptors (Lipinski definition) is 6. The number of amides is 1. The van der Waals surface area contributed by atoms with Crippen LogP contribution in [0.3, 0.4) is 0 Å². The van der Waals surface area contributed by atoms with Crippen LogP contribution in [0.5, 0.6) is 11.5 Å². The Kier molecular flexibility index (Phi) is 6.26. The first-order valence-electron chi connectivity index (χ1n) is 9.13. The van der Waals surface area contributed by atoms with Crippen molar-refractivity contribution in [3.63, 3.8) is 0 Å². The molecule has 0 saturated carbocycles. The third-order valence-electron chi connectivity index (χ3n) is 4.10. The molecule has 0 radical (unpaired) electrons. The Morgan fingerprint density at radius 1 is 1.04 bits per heavy atom. The summed E-state index contributed by atoms with van der Waals surface area (Å²) < 4.78 is 16.0. The Morgan fingerprint density at radius 2 is 1.75 bits per heavy atom.